The van der Waals surface area contributed by atoms with Crippen LogP contribution in [0.4, 0.5) is 20.2 Å². The minimum atomic E-state index is -0.648. The predicted molar refractivity (Wildman–Crippen MR) is 69.8 cm³/mol. The van der Waals surface area contributed by atoms with Gasteiger partial charge in [0.25, 0.3) is 0 Å². The van der Waals surface area contributed by atoms with E-state index in [-0.39, 0.29) is 4.99 Å². The summed E-state index contributed by atoms with van der Waals surface area (Å²) in [6, 6.07) is 6.47. The van der Waals surface area contributed by atoms with Crippen molar-refractivity contribution in [3.63, 3.8) is 0 Å². The molecule has 3 nitrogen and oxygen atoms in total. The van der Waals surface area contributed by atoms with Crippen LogP contribution in [0.1, 0.15) is 5.69 Å². The van der Waals surface area contributed by atoms with E-state index in [2.05, 4.69) is 10.3 Å². The molecule has 0 spiro atoms. The number of aromatic nitrogens is 1. The highest BCUT2D eigenvalue weighted by atomic mass is 32.1. The van der Waals surface area contributed by atoms with Crippen LogP contribution in [0.3, 0.4) is 0 Å². The van der Waals surface area contributed by atoms with E-state index in [0.717, 1.165) is 6.07 Å². The van der Waals surface area contributed by atoms with Gasteiger partial charge in [-0.05, 0) is 24.3 Å². The number of hydrogen-bond acceptors (Lipinski definition) is 3. The fraction of sp³-hybridized carbons (Fsp3) is 0. The second-order valence-electron chi connectivity index (χ2n) is 3.58. The monoisotopic (exact) mass is 265 g/mol. The Labute approximate surface area is 108 Å². The Bertz CT molecular complexity index is 564. The van der Waals surface area contributed by atoms with Gasteiger partial charge in [-0.2, -0.15) is 0 Å². The van der Waals surface area contributed by atoms with Gasteiger partial charge in [-0.1, -0.05) is 12.2 Å². The molecule has 0 amide bonds. The van der Waals surface area contributed by atoms with Gasteiger partial charge >= 0.3 is 0 Å². The molecule has 3 N–H and O–H groups in total. The highest BCUT2D eigenvalue weighted by Crippen LogP contribution is 2.18. The number of nitrogens with zero attached hydrogens (tertiary/aromatic N) is 1. The Balaban J connectivity index is 2.20. The number of halogens is 2. The molecule has 0 atom stereocenters. The summed E-state index contributed by atoms with van der Waals surface area (Å²) in [5.41, 5.74) is 6.78. The van der Waals surface area contributed by atoms with Crippen molar-refractivity contribution in [1.82, 2.24) is 4.98 Å². The lowest BCUT2D eigenvalue weighted by Gasteiger charge is -2.07. The normalized spacial score (nSPS) is 10.1. The molecule has 2 rings (SSSR count). The molecule has 0 radical (unpaired) electrons. The molecular weight excluding hydrogens is 256 g/mol. The van der Waals surface area contributed by atoms with Gasteiger partial charge in [0.1, 0.15) is 16.6 Å². The van der Waals surface area contributed by atoms with Crippen LogP contribution < -0.4 is 11.1 Å². The molecule has 0 saturated carbocycles. The summed E-state index contributed by atoms with van der Waals surface area (Å²) < 4.78 is 25.9. The summed E-state index contributed by atoms with van der Waals surface area (Å²) in [5, 5.41) is 2.83. The Morgan fingerprint density at radius 3 is 2.28 bits per heavy atom. The second kappa shape index (κ2) is 5.05. The van der Waals surface area contributed by atoms with Crippen molar-refractivity contribution >= 4 is 28.6 Å². The fourth-order valence-corrected chi connectivity index (χ4v) is 1.53. The highest BCUT2D eigenvalue weighted by molar-refractivity contribution is 7.80. The molecule has 0 bridgehead atoms. The zero-order chi connectivity index (χ0) is 13.1. The maximum atomic E-state index is 13.0. The van der Waals surface area contributed by atoms with E-state index in [1.165, 1.54) is 18.3 Å². The van der Waals surface area contributed by atoms with Gasteiger partial charge in [-0.15, -0.1) is 0 Å². The van der Waals surface area contributed by atoms with Crippen molar-refractivity contribution in [2.75, 3.05) is 5.32 Å². The molecule has 1 aromatic carbocycles. The van der Waals surface area contributed by atoms with Crippen molar-refractivity contribution in [2.45, 2.75) is 0 Å². The quantitative estimate of drug-likeness (QED) is 0.838. The summed E-state index contributed by atoms with van der Waals surface area (Å²) in [6.45, 7) is 0. The molecule has 18 heavy (non-hydrogen) atoms. The number of rotatable bonds is 3. The van der Waals surface area contributed by atoms with Crippen LogP contribution in [0.2, 0.25) is 0 Å². The van der Waals surface area contributed by atoms with Crippen LogP contribution >= 0.6 is 12.2 Å². The summed E-state index contributed by atoms with van der Waals surface area (Å²) in [5.74, 6) is -1.30. The van der Waals surface area contributed by atoms with Gasteiger partial charge in [0.15, 0.2) is 0 Å². The molecule has 0 saturated heterocycles. The Morgan fingerprint density at radius 2 is 1.78 bits per heavy atom. The van der Waals surface area contributed by atoms with E-state index < -0.39 is 11.6 Å². The number of thiocarbonyl (C=S) groups is 1. The number of pyridine rings is 1. The third-order valence-corrected chi connectivity index (χ3v) is 2.38. The molecule has 0 fully saturated rings. The van der Waals surface area contributed by atoms with Crippen molar-refractivity contribution in [3.05, 3.63) is 53.9 Å². The Hall–Kier alpha value is -2.08. The number of nitrogens with one attached hydrogen (secondary N) is 1. The van der Waals surface area contributed by atoms with Gasteiger partial charge in [0, 0.05) is 11.8 Å². The molecular formula is C12H9F2N3S. The van der Waals surface area contributed by atoms with Crippen LogP contribution in [0.15, 0.2) is 36.5 Å². The van der Waals surface area contributed by atoms with Crippen LogP contribution in [0, 0.1) is 11.6 Å². The smallest absolute Gasteiger partial charge is 0.128 e. The highest BCUT2D eigenvalue weighted by Gasteiger charge is 2.02. The molecule has 1 heterocycles. The molecule has 0 aliphatic carbocycles. The molecule has 0 unspecified atom stereocenters. The number of benzene rings is 1. The maximum absolute atomic E-state index is 13.0. The van der Waals surface area contributed by atoms with E-state index in [1.807, 2.05) is 0 Å². The lowest BCUT2D eigenvalue weighted by atomic mass is 10.2. The van der Waals surface area contributed by atoms with Crippen molar-refractivity contribution in [1.29, 1.82) is 0 Å². The van der Waals surface area contributed by atoms with Crippen molar-refractivity contribution in [2.24, 2.45) is 5.73 Å². The van der Waals surface area contributed by atoms with Crippen LogP contribution in [-0.4, -0.2) is 9.97 Å². The summed E-state index contributed by atoms with van der Waals surface area (Å²) in [6.07, 6.45) is 1.48. The standard InChI is InChI=1S/C12H9F2N3S/c13-7-3-8(14)5-10(4-7)17-9-1-2-11(12(15)18)16-6-9/h1-6,17H,(H2,15,18). The second-order valence-corrected chi connectivity index (χ2v) is 4.02. The van der Waals surface area contributed by atoms with Gasteiger partial charge in [-0.3, -0.25) is 4.98 Å². The SMILES string of the molecule is NC(=S)c1ccc(Nc2cc(F)cc(F)c2)cn1. The largest absolute Gasteiger partial charge is 0.388 e. The summed E-state index contributed by atoms with van der Waals surface area (Å²) in [7, 11) is 0. The lowest BCUT2D eigenvalue weighted by molar-refractivity contribution is 0.584. The van der Waals surface area contributed by atoms with Gasteiger partial charge in [0.05, 0.1) is 17.6 Å². The molecule has 6 heteroatoms. The minimum absolute atomic E-state index is 0.193. The first kappa shape index (κ1) is 12.4. The third-order valence-electron chi connectivity index (χ3n) is 2.17. The Morgan fingerprint density at radius 1 is 1.11 bits per heavy atom. The van der Waals surface area contributed by atoms with Crippen molar-refractivity contribution < 1.29 is 8.78 Å². The van der Waals surface area contributed by atoms with E-state index in [4.69, 9.17) is 18.0 Å². The summed E-state index contributed by atoms with van der Waals surface area (Å²) >= 11 is 4.76. The maximum Gasteiger partial charge on any atom is 0.128 e. The van der Waals surface area contributed by atoms with Crippen molar-refractivity contribution in [3.8, 4) is 0 Å². The first-order valence-electron chi connectivity index (χ1n) is 5.03. The molecule has 92 valence electrons. The Kier molecular flexibility index (Phi) is 3.47. The van der Waals surface area contributed by atoms with Gasteiger partial charge < -0.3 is 11.1 Å². The summed E-state index contributed by atoms with van der Waals surface area (Å²) in [4.78, 5) is 4.20. The fourth-order valence-electron chi connectivity index (χ4n) is 1.41. The first-order chi connectivity index (χ1) is 8.54. The van der Waals surface area contributed by atoms with Crippen LogP contribution in [-0.2, 0) is 0 Å². The average Bonchev–Trinajstić information content (AvgIpc) is 2.28. The lowest BCUT2D eigenvalue weighted by Crippen LogP contribution is -2.11. The zero-order valence-electron chi connectivity index (χ0n) is 9.15. The topological polar surface area (TPSA) is 50.9 Å². The van der Waals surface area contributed by atoms with E-state index >= 15 is 0 Å². The van der Waals surface area contributed by atoms with Gasteiger partial charge in [0.2, 0.25) is 0 Å². The molecule has 0 aliphatic rings. The number of anilines is 2. The van der Waals surface area contributed by atoms with Gasteiger partial charge in [-0.25, -0.2) is 8.78 Å². The molecule has 0 aliphatic heterocycles. The van der Waals surface area contributed by atoms with E-state index in [1.54, 1.807) is 12.1 Å². The average molecular weight is 265 g/mol. The first-order valence-corrected chi connectivity index (χ1v) is 5.44. The number of nitrogens with two attached hydrogens (primary N) is 1. The molecule has 1 aromatic heterocycles. The third kappa shape index (κ3) is 2.98. The van der Waals surface area contributed by atoms with Crippen LogP contribution in [0.5, 0.6) is 0 Å². The zero-order valence-corrected chi connectivity index (χ0v) is 9.97. The number of hydrogen-bond donors (Lipinski definition) is 2. The van der Waals surface area contributed by atoms with E-state index in [9.17, 15) is 8.78 Å². The molecule has 2 aromatic rings. The minimum Gasteiger partial charge on any atom is -0.388 e. The van der Waals surface area contributed by atoms with Crippen LogP contribution in [0.25, 0.3) is 0 Å². The predicted octanol–water partition coefficient (Wildman–Crippen LogP) is 2.74. The van der Waals surface area contributed by atoms with E-state index in [0.29, 0.717) is 17.1 Å².